The van der Waals surface area contributed by atoms with E-state index in [1.807, 2.05) is 0 Å². The summed E-state index contributed by atoms with van der Waals surface area (Å²) >= 11 is 0. The number of amides is 2. The Morgan fingerprint density at radius 1 is 1.30 bits per heavy atom. The summed E-state index contributed by atoms with van der Waals surface area (Å²) < 4.78 is 0. The predicted molar refractivity (Wildman–Crippen MR) is 72.4 cm³/mol. The molecule has 1 unspecified atom stereocenters. The van der Waals surface area contributed by atoms with Crippen LogP contribution < -0.4 is 16.0 Å². The van der Waals surface area contributed by atoms with E-state index in [2.05, 4.69) is 16.0 Å². The number of imide groups is 1. The van der Waals surface area contributed by atoms with Crippen molar-refractivity contribution in [2.24, 2.45) is 0 Å². The molecule has 0 aliphatic carbocycles. The van der Waals surface area contributed by atoms with Gasteiger partial charge in [-0.2, -0.15) is 0 Å². The molecule has 0 spiro atoms. The lowest BCUT2D eigenvalue weighted by atomic mass is 10.1. The fourth-order valence-corrected chi connectivity index (χ4v) is 1.98. The average molecular weight is 278 g/mol. The van der Waals surface area contributed by atoms with Crippen LogP contribution in [-0.2, 0) is 9.59 Å². The minimum atomic E-state index is -0.570. The Hall–Kier alpha value is -2.64. The van der Waals surface area contributed by atoms with Crippen molar-refractivity contribution >= 4 is 28.9 Å². The highest BCUT2D eigenvalue weighted by Gasteiger charge is 2.26. The Balaban J connectivity index is 2.20. The van der Waals surface area contributed by atoms with E-state index in [4.69, 9.17) is 0 Å². The van der Waals surface area contributed by atoms with Crippen LogP contribution in [0, 0.1) is 10.1 Å². The first kappa shape index (κ1) is 13.8. The molecular formula is C12H14N4O4. The van der Waals surface area contributed by atoms with Gasteiger partial charge in [-0.15, -0.1) is 0 Å². The van der Waals surface area contributed by atoms with Gasteiger partial charge in [0, 0.05) is 37.0 Å². The average Bonchev–Trinajstić information content (AvgIpc) is 2.41. The number of rotatable bonds is 4. The van der Waals surface area contributed by atoms with Crippen LogP contribution in [0.3, 0.4) is 0 Å². The monoisotopic (exact) mass is 278 g/mol. The summed E-state index contributed by atoms with van der Waals surface area (Å²) in [5, 5.41) is 18.8. The molecule has 1 aliphatic heterocycles. The Kier molecular flexibility index (Phi) is 3.83. The van der Waals surface area contributed by atoms with Gasteiger partial charge in [0.2, 0.25) is 11.8 Å². The molecule has 1 aromatic rings. The molecule has 0 aromatic heterocycles. The molecule has 106 valence electrons. The van der Waals surface area contributed by atoms with E-state index in [1.165, 1.54) is 12.1 Å². The zero-order valence-corrected chi connectivity index (χ0v) is 10.8. The van der Waals surface area contributed by atoms with Crippen LogP contribution in [0.5, 0.6) is 0 Å². The largest absolute Gasteiger partial charge is 0.388 e. The number of nitro benzene ring substituents is 1. The van der Waals surface area contributed by atoms with Crippen LogP contribution >= 0.6 is 0 Å². The summed E-state index contributed by atoms with van der Waals surface area (Å²) in [6.45, 7) is 0. The lowest BCUT2D eigenvalue weighted by molar-refractivity contribution is -0.384. The van der Waals surface area contributed by atoms with Crippen molar-refractivity contribution in [3.05, 3.63) is 28.3 Å². The number of hydrogen-bond acceptors (Lipinski definition) is 6. The zero-order valence-electron chi connectivity index (χ0n) is 10.8. The van der Waals surface area contributed by atoms with E-state index in [1.54, 1.807) is 13.1 Å². The number of nitro groups is 1. The van der Waals surface area contributed by atoms with Crippen LogP contribution in [0.1, 0.15) is 12.8 Å². The second-order valence-corrected chi connectivity index (χ2v) is 4.42. The van der Waals surface area contributed by atoms with E-state index in [9.17, 15) is 19.7 Å². The first-order valence-corrected chi connectivity index (χ1v) is 6.07. The molecule has 1 heterocycles. The van der Waals surface area contributed by atoms with Crippen LogP contribution in [0.2, 0.25) is 0 Å². The van der Waals surface area contributed by atoms with Crippen LogP contribution in [0.15, 0.2) is 18.2 Å². The van der Waals surface area contributed by atoms with Gasteiger partial charge in [0.1, 0.15) is 6.04 Å². The molecule has 1 aliphatic rings. The third kappa shape index (κ3) is 3.02. The summed E-state index contributed by atoms with van der Waals surface area (Å²) in [6.07, 6.45) is 0.611. The van der Waals surface area contributed by atoms with Crippen molar-refractivity contribution in [1.82, 2.24) is 5.32 Å². The molecule has 20 heavy (non-hydrogen) atoms. The van der Waals surface area contributed by atoms with Crippen molar-refractivity contribution in [2.75, 3.05) is 17.7 Å². The Morgan fingerprint density at radius 3 is 2.60 bits per heavy atom. The van der Waals surface area contributed by atoms with E-state index in [0.29, 0.717) is 17.8 Å². The van der Waals surface area contributed by atoms with Gasteiger partial charge < -0.3 is 10.6 Å². The first-order valence-electron chi connectivity index (χ1n) is 6.07. The molecule has 2 rings (SSSR count). The zero-order chi connectivity index (χ0) is 14.7. The maximum atomic E-state index is 11.6. The van der Waals surface area contributed by atoms with Gasteiger partial charge in [0.05, 0.1) is 4.92 Å². The van der Waals surface area contributed by atoms with Gasteiger partial charge in [0.25, 0.3) is 5.69 Å². The number of benzene rings is 1. The Bertz CT molecular complexity index is 573. The minimum Gasteiger partial charge on any atom is -0.388 e. The number of anilines is 2. The first-order chi connectivity index (χ1) is 9.49. The van der Waals surface area contributed by atoms with E-state index < -0.39 is 16.9 Å². The van der Waals surface area contributed by atoms with Gasteiger partial charge in [-0.25, -0.2) is 0 Å². The molecule has 0 bridgehead atoms. The van der Waals surface area contributed by atoms with Gasteiger partial charge >= 0.3 is 0 Å². The highest BCUT2D eigenvalue weighted by Crippen LogP contribution is 2.25. The van der Waals surface area contributed by atoms with Crippen LogP contribution in [0.4, 0.5) is 17.1 Å². The minimum absolute atomic E-state index is 0.0772. The summed E-state index contributed by atoms with van der Waals surface area (Å²) in [4.78, 5) is 33.0. The molecule has 1 atom stereocenters. The van der Waals surface area contributed by atoms with Crippen molar-refractivity contribution in [2.45, 2.75) is 18.9 Å². The standard InChI is InChI=1S/C12H14N4O4/c1-13-7-4-8(6-9(5-7)16(19)20)14-10-2-3-11(17)15-12(10)18/h4-6,10,13-14H,2-3H2,1H3,(H,15,17,18). The number of carbonyl (C=O) groups is 2. The van der Waals surface area contributed by atoms with Gasteiger partial charge in [-0.1, -0.05) is 0 Å². The number of nitrogens with one attached hydrogen (secondary N) is 3. The molecule has 0 saturated carbocycles. The highest BCUT2D eigenvalue weighted by molar-refractivity contribution is 6.01. The molecule has 0 radical (unpaired) electrons. The topological polar surface area (TPSA) is 113 Å². The number of hydrogen-bond donors (Lipinski definition) is 3. The molecule has 8 nitrogen and oxygen atoms in total. The molecule has 1 saturated heterocycles. The molecular weight excluding hydrogens is 264 g/mol. The van der Waals surface area contributed by atoms with Gasteiger partial charge in [-0.3, -0.25) is 25.0 Å². The lowest BCUT2D eigenvalue weighted by Crippen LogP contribution is -2.47. The predicted octanol–water partition coefficient (Wildman–Crippen LogP) is 0.854. The number of nitrogens with zero attached hydrogens (tertiary/aromatic N) is 1. The number of carbonyl (C=O) groups excluding carboxylic acids is 2. The fourth-order valence-electron chi connectivity index (χ4n) is 1.98. The summed E-state index contributed by atoms with van der Waals surface area (Å²) in [5.74, 6) is -0.721. The molecule has 1 aromatic carbocycles. The van der Waals surface area contributed by atoms with Crippen molar-refractivity contribution in [3.63, 3.8) is 0 Å². The maximum absolute atomic E-state index is 11.6. The second kappa shape index (κ2) is 5.55. The molecule has 2 amide bonds. The van der Waals surface area contributed by atoms with E-state index in [0.717, 1.165) is 0 Å². The summed E-state index contributed by atoms with van der Waals surface area (Å²) in [7, 11) is 1.65. The quantitative estimate of drug-likeness (QED) is 0.427. The lowest BCUT2D eigenvalue weighted by Gasteiger charge is -2.22. The van der Waals surface area contributed by atoms with E-state index in [-0.39, 0.29) is 18.0 Å². The molecule has 1 fully saturated rings. The van der Waals surface area contributed by atoms with Gasteiger partial charge in [0.15, 0.2) is 0 Å². The smallest absolute Gasteiger partial charge is 0.273 e. The van der Waals surface area contributed by atoms with Crippen LogP contribution in [0.25, 0.3) is 0 Å². The SMILES string of the molecule is CNc1cc(NC2CCC(=O)NC2=O)cc([N+](=O)[O-])c1. The summed E-state index contributed by atoms with van der Waals surface area (Å²) in [5.41, 5.74) is 0.943. The summed E-state index contributed by atoms with van der Waals surface area (Å²) in [6, 6.07) is 3.84. The number of non-ortho nitro benzene ring substituents is 1. The maximum Gasteiger partial charge on any atom is 0.273 e. The Labute approximate surface area is 114 Å². The van der Waals surface area contributed by atoms with Crippen LogP contribution in [-0.4, -0.2) is 29.8 Å². The van der Waals surface area contributed by atoms with Gasteiger partial charge in [-0.05, 0) is 12.5 Å². The fraction of sp³-hybridized carbons (Fsp3) is 0.333. The van der Waals surface area contributed by atoms with Crippen molar-refractivity contribution < 1.29 is 14.5 Å². The normalized spacial score (nSPS) is 18.4. The van der Waals surface area contributed by atoms with Crippen molar-refractivity contribution in [1.29, 1.82) is 0 Å². The highest BCUT2D eigenvalue weighted by atomic mass is 16.6. The second-order valence-electron chi connectivity index (χ2n) is 4.42. The van der Waals surface area contributed by atoms with Crippen molar-refractivity contribution in [3.8, 4) is 0 Å². The third-order valence-electron chi connectivity index (χ3n) is 3.00. The molecule has 3 N–H and O–H groups in total. The Morgan fingerprint density at radius 2 is 2.00 bits per heavy atom. The molecule has 8 heteroatoms. The number of piperidine rings is 1. The van der Waals surface area contributed by atoms with E-state index >= 15 is 0 Å². The third-order valence-corrected chi connectivity index (χ3v) is 3.00.